The standard InChI is InChI=1S/C21H22FN7/c1-12-7-17(25-28-11-13(2)24-20(12)28)14-8-16(22)19-18(9-14)26-29(27-19)15-3-6-23-21(10-15)4-5-21/h7-9,11,15,23H,3-6,10H2,1-2H3. The normalized spacial score (nSPS) is 20.7. The van der Waals surface area contributed by atoms with Crippen LogP contribution < -0.4 is 5.32 Å². The predicted octanol–water partition coefficient (Wildman–Crippen LogP) is 3.35. The van der Waals surface area contributed by atoms with E-state index in [9.17, 15) is 4.39 Å². The average Bonchev–Trinajstić information content (AvgIpc) is 3.13. The second-order valence-corrected chi connectivity index (χ2v) is 8.56. The van der Waals surface area contributed by atoms with Crippen LogP contribution in [0.25, 0.3) is 27.9 Å². The minimum atomic E-state index is -0.361. The molecular weight excluding hydrogens is 369 g/mol. The molecule has 148 valence electrons. The van der Waals surface area contributed by atoms with Crippen molar-refractivity contribution in [1.82, 2.24) is 34.9 Å². The number of aryl methyl sites for hydroxylation is 2. The maximum Gasteiger partial charge on any atom is 0.156 e. The highest BCUT2D eigenvalue weighted by Gasteiger charge is 2.46. The van der Waals surface area contributed by atoms with Crippen LogP contribution in [0, 0.1) is 19.7 Å². The third-order valence-corrected chi connectivity index (χ3v) is 6.27. The summed E-state index contributed by atoms with van der Waals surface area (Å²) in [6.45, 7) is 4.89. The van der Waals surface area contributed by atoms with Gasteiger partial charge in [0, 0.05) is 11.1 Å². The first kappa shape index (κ1) is 17.0. The number of rotatable bonds is 2. The van der Waals surface area contributed by atoms with E-state index in [0.29, 0.717) is 22.3 Å². The Morgan fingerprint density at radius 2 is 2.00 bits per heavy atom. The number of fused-ring (bicyclic) bond motifs is 2. The van der Waals surface area contributed by atoms with Crippen LogP contribution in [0.2, 0.25) is 0 Å². The van der Waals surface area contributed by atoms with Crippen LogP contribution >= 0.6 is 0 Å². The maximum absolute atomic E-state index is 14.9. The smallest absolute Gasteiger partial charge is 0.156 e. The molecule has 1 aliphatic carbocycles. The average molecular weight is 391 g/mol. The van der Waals surface area contributed by atoms with Crippen LogP contribution in [-0.2, 0) is 0 Å². The third kappa shape index (κ3) is 2.73. The van der Waals surface area contributed by atoms with E-state index in [2.05, 4.69) is 25.6 Å². The van der Waals surface area contributed by atoms with Crippen LogP contribution in [-0.4, -0.2) is 41.7 Å². The van der Waals surface area contributed by atoms with Crippen LogP contribution in [0.4, 0.5) is 4.39 Å². The minimum absolute atomic E-state index is 0.222. The van der Waals surface area contributed by atoms with Crippen LogP contribution in [0.5, 0.6) is 0 Å². The Kier molecular flexibility index (Phi) is 3.42. The van der Waals surface area contributed by atoms with Gasteiger partial charge in [0.05, 0.1) is 23.6 Å². The Morgan fingerprint density at radius 3 is 2.83 bits per heavy atom. The van der Waals surface area contributed by atoms with Gasteiger partial charge in [0.1, 0.15) is 11.0 Å². The van der Waals surface area contributed by atoms with E-state index in [0.717, 1.165) is 36.3 Å². The summed E-state index contributed by atoms with van der Waals surface area (Å²) in [5, 5.41) is 17.4. The predicted molar refractivity (Wildman–Crippen MR) is 107 cm³/mol. The van der Waals surface area contributed by atoms with Gasteiger partial charge in [-0.2, -0.15) is 15.0 Å². The van der Waals surface area contributed by atoms with Crippen molar-refractivity contribution in [3.63, 3.8) is 0 Å². The SMILES string of the molecule is Cc1cn2nc(-c3cc(F)c4nn(C5CCNC6(CC6)C5)nc4c3)cc(C)c2n1. The summed E-state index contributed by atoms with van der Waals surface area (Å²) in [7, 11) is 0. The van der Waals surface area contributed by atoms with Gasteiger partial charge in [-0.05, 0) is 69.8 Å². The van der Waals surface area contributed by atoms with Gasteiger partial charge in [-0.1, -0.05) is 0 Å². The number of piperidine rings is 1. The van der Waals surface area contributed by atoms with Gasteiger partial charge in [-0.3, -0.25) is 0 Å². The molecule has 1 spiro atoms. The van der Waals surface area contributed by atoms with E-state index in [-0.39, 0.29) is 17.4 Å². The summed E-state index contributed by atoms with van der Waals surface area (Å²) in [5.74, 6) is -0.361. The Bertz CT molecular complexity index is 1270. The van der Waals surface area contributed by atoms with Crippen molar-refractivity contribution in [1.29, 1.82) is 0 Å². The lowest BCUT2D eigenvalue weighted by Gasteiger charge is -2.29. The van der Waals surface area contributed by atoms with E-state index in [1.165, 1.54) is 18.9 Å². The van der Waals surface area contributed by atoms with E-state index >= 15 is 0 Å². The van der Waals surface area contributed by atoms with Crippen molar-refractivity contribution in [2.75, 3.05) is 6.54 Å². The molecule has 6 rings (SSSR count). The van der Waals surface area contributed by atoms with Gasteiger partial charge in [0.15, 0.2) is 11.5 Å². The van der Waals surface area contributed by atoms with Crippen LogP contribution in [0.15, 0.2) is 24.4 Å². The van der Waals surface area contributed by atoms with Gasteiger partial charge in [0.2, 0.25) is 0 Å². The van der Waals surface area contributed by atoms with Gasteiger partial charge >= 0.3 is 0 Å². The first-order valence-electron chi connectivity index (χ1n) is 10.1. The largest absolute Gasteiger partial charge is 0.311 e. The number of aromatic nitrogens is 6. The monoisotopic (exact) mass is 391 g/mol. The Morgan fingerprint density at radius 1 is 1.14 bits per heavy atom. The molecule has 29 heavy (non-hydrogen) atoms. The number of nitrogens with one attached hydrogen (secondary N) is 1. The summed E-state index contributed by atoms with van der Waals surface area (Å²) < 4.78 is 16.7. The maximum atomic E-state index is 14.9. The van der Waals surface area contributed by atoms with Crippen molar-refractivity contribution in [3.8, 4) is 11.3 Å². The van der Waals surface area contributed by atoms with Crippen molar-refractivity contribution < 1.29 is 4.39 Å². The van der Waals surface area contributed by atoms with Gasteiger partial charge in [0.25, 0.3) is 0 Å². The Balaban J connectivity index is 1.42. The quantitative estimate of drug-likeness (QED) is 0.567. The van der Waals surface area contributed by atoms with E-state index in [1.54, 1.807) is 9.31 Å². The highest BCUT2D eigenvalue weighted by Crippen LogP contribution is 2.45. The van der Waals surface area contributed by atoms with Gasteiger partial charge < -0.3 is 5.32 Å². The molecule has 1 atom stereocenters. The lowest BCUT2D eigenvalue weighted by Crippen LogP contribution is -2.41. The number of imidazole rings is 1. The summed E-state index contributed by atoms with van der Waals surface area (Å²) in [6, 6.07) is 5.55. The molecule has 1 saturated heterocycles. The molecule has 3 aromatic heterocycles. The summed E-state index contributed by atoms with van der Waals surface area (Å²) in [6.07, 6.45) is 6.28. The fourth-order valence-electron chi connectivity index (χ4n) is 4.55. The van der Waals surface area contributed by atoms with Crippen molar-refractivity contribution in [3.05, 3.63) is 41.5 Å². The molecule has 1 aliphatic heterocycles. The van der Waals surface area contributed by atoms with E-state index in [4.69, 9.17) is 0 Å². The third-order valence-electron chi connectivity index (χ3n) is 6.27. The zero-order chi connectivity index (χ0) is 19.8. The number of nitrogens with zero attached hydrogens (tertiary/aromatic N) is 6. The zero-order valence-electron chi connectivity index (χ0n) is 16.5. The van der Waals surface area contributed by atoms with Crippen molar-refractivity contribution >= 4 is 16.7 Å². The van der Waals surface area contributed by atoms with Gasteiger partial charge in [-0.25, -0.2) is 13.9 Å². The Labute approximate surface area is 166 Å². The number of hydrogen-bond acceptors (Lipinski definition) is 5. The number of hydrogen-bond donors (Lipinski definition) is 1. The molecule has 1 aromatic carbocycles. The topological polar surface area (TPSA) is 72.9 Å². The second-order valence-electron chi connectivity index (χ2n) is 8.56. The first-order chi connectivity index (χ1) is 14.0. The fraction of sp³-hybridized carbons (Fsp3) is 0.429. The molecule has 1 saturated carbocycles. The molecule has 1 N–H and O–H groups in total. The summed E-state index contributed by atoms with van der Waals surface area (Å²) >= 11 is 0. The molecule has 1 unspecified atom stereocenters. The van der Waals surface area contributed by atoms with E-state index < -0.39 is 0 Å². The number of benzene rings is 1. The molecule has 4 heterocycles. The Hall–Kier alpha value is -2.87. The molecule has 0 amide bonds. The lowest BCUT2D eigenvalue weighted by molar-refractivity contribution is 0.253. The lowest BCUT2D eigenvalue weighted by atomic mass is 9.98. The van der Waals surface area contributed by atoms with Crippen molar-refractivity contribution in [2.45, 2.75) is 51.1 Å². The van der Waals surface area contributed by atoms with Crippen molar-refractivity contribution in [2.24, 2.45) is 0 Å². The van der Waals surface area contributed by atoms with Crippen LogP contribution in [0.3, 0.4) is 0 Å². The number of halogens is 1. The summed E-state index contributed by atoms with van der Waals surface area (Å²) in [4.78, 5) is 6.22. The second kappa shape index (κ2) is 5.82. The molecule has 0 radical (unpaired) electrons. The zero-order valence-corrected chi connectivity index (χ0v) is 16.5. The molecule has 4 aromatic rings. The minimum Gasteiger partial charge on any atom is -0.311 e. The molecule has 2 aliphatic rings. The summed E-state index contributed by atoms with van der Waals surface area (Å²) in [5.41, 5.74) is 5.28. The van der Waals surface area contributed by atoms with E-state index in [1.807, 2.05) is 32.2 Å². The molecule has 2 fully saturated rings. The van der Waals surface area contributed by atoms with Gasteiger partial charge in [-0.15, -0.1) is 5.10 Å². The molecule has 7 nitrogen and oxygen atoms in total. The fourth-order valence-corrected chi connectivity index (χ4v) is 4.55. The highest BCUT2D eigenvalue weighted by molar-refractivity contribution is 5.81. The molecule has 8 heteroatoms. The first-order valence-corrected chi connectivity index (χ1v) is 10.1. The molecular formula is C21H22FN7. The van der Waals surface area contributed by atoms with Crippen LogP contribution in [0.1, 0.15) is 43.0 Å². The highest BCUT2D eigenvalue weighted by atomic mass is 19.1. The molecule has 0 bridgehead atoms.